The Kier molecular flexibility index (Phi) is 2.57. The van der Waals surface area contributed by atoms with Gasteiger partial charge in [0.05, 0.1) is 22.7 Å². The Labute approximate surface area is 94.7 Å². The molecule has 0 saturated heterocycles. The molecule has 8 heteroatoms. The molecule has 0 spiro atoms. The summed E-state index contributed by atoms with van der Waals surface area (Å²) in [6.45, 7) is 1.91. The van der Waals surface area contributed by atoms with Crippen molar-refractivity contribution in [2.24, 2.45) is 0 Å². The third kappa shape index (κ3) is 1.74. The smallest absolute Gasteiger partial charge is 0.333 e. The highest BCUT2D eigenvalue weighted by Crippen LogP contribution is 2.25. The minimum atomic E-state index is -0.519. The third-order valence-corrected chi connectivity index (χ3v) is 2.75. The molecule has 2 rings (SSSR count). The average Bonchev–Trinajstić information content (AvgIpc) is 2.76. The van der Waals surface area contributed by atoms with Gasteiger partial charge >= 0.3 is 5.69 Å². The lowest BCUT2D eigenvalue weighted by Gasteiger charge is -1.99. The number of hydrogen-bond acceptors (Lipinski definition) is 6. The van der Waals surface area contributed by atoms with Crippen molar-refractivity contribution in [3.05, 3.63) is 32.4 Å². The van der Waals surface area contributed by atoms with Gasteiger partial charge in [-0.25, -0.2) is 9.67 Å². The van der Waals surface area contributed by atoms with Crippen LogP contribution in [0, 0.1) is 17.0 Å². The summed E-state index contributed by atoms with van der Waals surface area (Å²) in [5.41, 5.74) is 8.32. The number of aromatic nitrogens is 3. The molecule has 0 atom stereocenters. The van der Waals surface area contributed by atoms with E-state index in [1.807, 2.05) is 5.38 Å². The van der Waals surface area contributed by atoms with Crippen LogP contribution in [0.5, 0.6) is 0 Å². The maximum absolute atomic E-state index is 10.7. The van der Waals surface area contributed by atoms with Gasteiger partial charge in [0.2, 0.25) is 5.82 Å². The molecule has 0 aromatic carbocycles. The van der Waals surface area contributed by atoms with E-state index in [-0.39, 0.29) is 11.5 Å². The molecule has 7 nitrogen and oxygen atoms in total. The molecule has 2 heterocycles. The second kappa shape index (κ2) is 3.89. The van der Waals surface area contributed by atoms with E-state index in [4.69, 9.17) is 5.73 Å². The van der Waals surface area contributed by atoms with Crippen molar-refractivity contribution in [3.8, 4) is 0 Å². The molecule has 0 fully saturated rings. The molecular formula is C8H9N5O2S. The molecule has 2 aromatic rings. The van der Waals surface area contributed by atoms with E-state index in [9.17, 15) is 10.1 Å². The Morgan fingerprint density at radius 2 is 2.44 bits per heavy atom. The van der Waals surface area contributed by atoms with Gasteiger partial charge in [-0.2, -0.15) is 5.10 Å². The van der Waals surface area contributed by atoms with Gasteiger partial charge in [-0.15, -0.1) is 11.3 Å². The van der Waals surface area contributed by atoms with E-state index in [0.717, 1.165) is 5.69 Å². The molecule has 0 aliphatic heterocycles. The molecule has 2 aromatic heterocycles. The SMILES string of the molecule is Cc1nn(Cc2cscn2)c(N)c1[N+](=O)[O-]. The zero-order valence-corrected chi connectivity index (χ0v) is 9.27. The molecule has 0 radical (unpaired) electrons. The Balaban J connectivity index is 2.36. The number of anilines is 1. The van der Waals surface area contributed by atoms with Crippen LogP contribution in [0.4, 0.5) is 11.5 Å². The van der Waals surface area contributed by atoms with E-state index in [1.165, 1.54) is 16.0 Å². The summed E-state index contributed by atoms with van der Waals surface area (Å²) in [6.07, 6.45) is 0. The lowest BCUT2D eigenvalue weighted by molar-refractivity contribution is -0.384. The fourth-order valence-corrected chi connectivity index (χ4v) is 1.95. The summed E-state index contributed by atoms with van der Waals surface area (Å²) in [5.74, 6) is 0.0653. The monoisotopic (exact) mass is 239 g/mol. The predicted octanol–water partition coefficient (Wildman–Crippen LogP) is 1.19. The highest BCUT2D eigenvalue weighted by atomic mass is 32.1. The standard InChI is InChI=1S/C8H9N5O2S/c1-5-7(13(14)15)8(9)12(11-5)2-6-3-16-4-10-6/h3-4H,2,9H2,1H3. The van der Waals surface area contributed by atoms with Gasteiger partial charge in [-0.1, -0.05) is 0 Å². The first-order valence-electron chi connectivity index (χ1n) is 4.44. The molecule has 0 aliphatic carbocycles. The Morgan fingerprint density at radius 3 is 2.94 bits per heavy atom. The van der Waals surface area contributed by atoms with Crippen LogP contribution in [0.1, 0.15) is 11.4 Å². The molecule has 0 bridgehead atoms. The fraction of sp³-hybridized carbons (Fsp3) is 0.250. The van der Waals surface area contributed by atoms with Gasteiger partial charge in [0.25, 0.3) is 0 Å². The quantitative estimate of drug-likeness (QED) is 0.640. The zero-order valence-electron chi connectivity index (χ0n) is 8.45. The van der Waals surface area contributed by atoms with Crippen molar-refractivity contribution in [2.45, 2.75) is 13.5 Å². The Bertz CT molecular complexity index is 519. The topological polar surface area (TPSA) is 99.9 Å². The number of nitrogens with zero attached hydrogens (tertiary/aromatic N) is 4. The van der Waals surface area contributed by atoms with Crippen LogP contribution in [-0.4, -0.2) is 19.7 Å². The summed E-state index contributed by atoms with van der Waals surface area (Å²) in [6, 6.07) is 0. The maximum atomic E-state index is 10.7. The molecule has 2 N–H and O–H groups in total. The van der Waals surface area contributed by atoms with Gasteiger partial charge in [-0.05, 0) is 6.92 Å². The molecule has 0 saturated carbocycles. The minimum absolute atomic E-state index is 0.0653. The van der Waals surface area contributed by atoms with Crippen molar-refractivity contribution in [3.63, 3.8) is 0 Å². The van der Waals surface area contributed by atoms with Crippen molar-refractivity contribution in [1.29, 1.82) is 0 Å². The minimum Gasteiger partial charge on any atom is -0.378 e. The molecular weight excluding hydrogens is 230 g/mol. The lowest BCUT2D eigenvalue weighted by atomic mass is 10.4. The lowest BCUT2D eigenvalue weighted by Crippen LogP contribution is -2.06. The Hall–Kier alpha value is -1.96. The number of aryl methyl sites for hydroxylation is 1. The van der Waals surface area contributed by atoms with Gasteiger partial charge in [0, 0.05) is 5.38 Å². The van der Waals surface area contributed by atoms with Crippen LogP contribution in [0.15, 0.2) is 10.9 Å². The maximum Gasteiger partial charge on any atom is 0.333 e. The highest BCUT2D eigenvalue weighted by Gasteiger charge is 2.22. The van der Waals surface area contributed by atoms with E-state index >= 15 is 0 Å². The van der Waals surface area contributed by atoms with Crippen molar-refractivity contribution in [1.82, 2.24) is 14.8 Å². The first-order valence-corrected chi connectivity index (χ1v) is 5.38. The summed E-state index contributed by atoms with van der Waals surface area (Å²) in [4.78, 5) is 14.3. The molecule has 0 amide bonds. The number of nitrogens with two attached hydrogens (primary N) is 1. The number of hydrogen-bond donors (Lipinski definition) is 1. The molecule has 16 heavy (non-hydrogen) atoms. The van der Waals surface area contributed by atoms with E-state index in [0.29, 0.717) is 12.2 Å². The second-order valence-electron chi connectivity index (χ2n) is 3.21. The average molecular weight is 239 g/mol. The van der Waals surface area contributed by atoms with Crippen molar-refractivity contribution >= 4 is 22.8 Å². The van der Waals surface area contributed by atoms with Crippen molar-refractivity contribution < 1.29 is 4.92 Å². The summed E-state index contributed by atoms with van der Waals surface area (Å²) in [7, 11) is 0. The predicted molar refractivity (Wildman–Crippen MR) is 59.2 cm³/mol. The molecule has 0 aliphatic rings. The van der Waals surface area contributed by atoms with Crippen LogP contribution in [0.3, 0.4) is 0 Å². The van der Waals surface area contributed by atoms with Gasteiger partial charge in [-0.3, -0.25) is 10.1 Å². The summed E-state index contributed by atoms with van der Waals surface area (Å²) >= 11 is 1.46. The van der Waals surface area contributed by atoms with Crippen LogP contribution in [0.2, 0.25) is 0 Å². The first-order chi connectivity index (χ1) is 7.59. The highest BCUT2D eigenvalue weighted by molar-refractivity contribution is 7.07. The third-order valence-electron chi connectivity index (χ3n) is 2.11. The van der Waals surface area contributed by atoms with Gasteiger partial charge in [0.15, 0.2) is 0 Å². The number of nitro groups is 1. The summed E-state index contributed by atoms with van der Waals surface area (Å²) in [5, 5.41) is 16.6. The molecule has 84 valence electrons. The normalized spacial score (nSPS) is 10.6. The van der Waals surface area contributed by atoms with Crippen LogP contribution in [-0.2, 0) is 6.54 Å². The van der Waals surface area contributed by atoms with Gasteiger partial charge in [0.1, 0.15) is 5.69 Å². The molecule has 0 unspecified atom stereocenters. The second-order valence-corrected chi connectivity index (χ2v) is 3.93. The zero-order chi connectivity index (χ0) is 11.7. The number of rotatable bonds is 3. The fourth-order valence-electron chi connectivity index (χ4n) is 1.41. The number of thiazole rings is 1. The van der Waals surface area contributed by atoms with Crippen molar-refractivity contribution in [2.75, 3.05) is 5.73 Å². The van der Waals surface area contributed by atoms with Crippen LogP contribution >= 0.6 is 11.3 Å². The number of nitrogen functional groups attached to an aromatic ring is 1. The van der Waals surface area contributed by atoms with Crippen LogP contribution in [0.25, 0.3) is 0 Å². The first kappa shape index (κ1) is 10.6. The van der Waals surface area contributed by atoms with E-state index < -0.39 is 4.92 Å². The van der Waals surface area contributed by atoms with E-state index in [2.05, 4.69) is 10.1 Å². The van der Waals surface area contributed by atoms with E-state index in [1.54, 1.807) is 12.4 Å². The largest absolute Gasteiger partial charge is 0.378 e. The van der Waals surface area contributed by atoms with Crippen LogP contribution < -0.4 is 5.73 Å². The van der Waals surface area contributed by atoms with Gasteiger partial charge < -0.3 is 5.73 Å². The Morgan fingerprint density at radius 1 is 1.69 bits per heavy atom. The summed E-state index contributed by atoms with van der Waals surface area (Å²) < 4.78 is 1.39.